The molecule has 1 fully saturated rings. The van der Waals surface area contributed by atoms with Crippen molar-refractivity contribution in [2.24, 2.45) is 4.99 Å². The minimum absolute atomic E-state index is 0.0542. The van der Waals surface area contributed by atoms with E-state index in [9.17, 15) is 9.59 Å². The molecule has 0 aliphatic carbocycles. The largest absolute Gasteiger partial charge is 0.493 e. The Bertz CT molecular complexity index is 1410. The Morgan fingerprint density at radius 2 is 1.65 bits per heavy atom. The van der Waals surface area contributed by atoms with E-state index in [-0.39, 0.29) is 18.5 Å². The van der Waals surface area contributed by atoms with Crippen LogP contribution in [0.1, 0.15) is 42.6 Å². The monoisotopic (exact) mass is 581 g/mol. The van der Waals surface area contributed by atoms with Gasteiger partial charge in [-0.05, 0) is 49.2 Å². The van der Waals surface area contributed by atoms with Gasteiger partial charge < -0.3 is 19.7 Å². The van der Waals surface area contributed by atoms with Gasteiger partial charge in [0.1, 0.15) is 24.2 Å². The maximum Gasteiger partial charge on any atom is 0.326 e. The van der Waals surface area contributed by atoms with Crippen LogP contribution in [0.3, 0.4) is 0 Å². The number of pyridine rings is 1. The van der Waals surface area contributed by atoms with Crippen molar-refractivity contribution in [1.29, 1.82) is 0 Å². The molecule has 208 valence electrons. The number of nitrogens with zero attached hydrogens (tertiary/aromatic N) is 4. The number of nitrogens with one attached hydrogen (secondary N) is 1. The maximum absolute atomic E-state index is 14.3. The highest BCUT2D eigenvalue weighted by molar-refractivity contribution is 6.30. The Morgan fingerprint density at radius 1 is 1.00 bits per heavy atom. The van der Waals surface area contributed by atoms with E-state index >= 15 is 0 Å². The molecule has 2 atom stereocenters. The molecule has 2 aliphatic rings. The van der Waals surface area contributed by atoms with Gasteiger partial charge in [0.15, 0.2) is 0 Å². The molecule has 0 unspecified atom stereocenters. The van der Waals surface area contributed by atoms with Gasteiger partial charge in [-0.3, -0.25) is 14.7 Å². The first-order chi connectivity index (χ1) is 19.4. The molecule has 0 radical (unpaired) electrons. The lowest BCUT2D eigenvalue weighted by Gasteiger charge is -2.35. The van der Waals surface area contributed by atoms with Gasteiger partial charge in [-0.15, -0.1) is 0 Å². The number of ether oxygens (including phenoxy) is 2. The third-order valence-corrected chi connectivity index (χ3v) is 7.18. The molecule has 3 aromatic rings. The summed E-state index contributed by atoms with van der Waals surface area (Å²) >= 11 is 12.4. The second kappa shape index (κ2) is 12.1. The topological polar surface area (TPSA) is 96.4 Å². The average molecular weight is 582 g/mol. The Morgan fingerprint density at radius 3 is 2.27 bits per heavy atom. The average Bonchev–Trinajstić information content (AvgIpc) is 3.34. The summed E-state index contributed by atoms with van der Waals surface area (Å²) in [6.07, 6.45) is 1.61. The molecule has 11 heteroatoms. The van der Waals surface area contributed by atoms with Crippen molar-refractivity contribution in [3.05, 3.63) is 87.5 Å². The number of piperazine rings is 1. The number of aliphatic imine (C=N–C) groups is 1. The number of halogens is 2. The van der Waals surface area contributed by atoms with Gasteiger partial charge in [0.2, 0.25) is 11.8 Å². The van der Waals surface area contributed by atoms with E-state index in [1.807, 2.05) is 38.1 Å². The third kappa shape index (κ3) is 5.71. The first-order valence-electron chi connectivity index (χ1n) is 13.1. The molecular formula is C29H29Cl2N5O4. The SMILES string of the molecule is CCOc1cc(OCC)c(C2=N[C@@H](c3ccc(Cl)cc3)[C@@H](c3ccc(Cl)cc3)N2C(=O)N2CCNC(=O)C2)cn1. The van der Waals surface area contributed by atoms with Gasteiger partial charge in [-0.2, -0.15) is 0 Å². The molecule has 0 saturated carbocycles. The summed E-state index contributed by atoms with van der Waals surface area (Å²) in [5.41, 5.74) is 2.23. The summed E-state index contributed by atoms with van der Waals surface area (Å²) in [5, 5.41) is 3.95. The standard InChI is InChI=1S/C29H29Cl2N5O4/c1-3-39-23-15-25(40-4-2)33-16-22(23)28-34-26(18-5-9-20(30)10-6-18)27(19-7-11-21(31)12-8-19)36(28)29(38)35-14-13-32-24(37)17-35/h5-12,15-16,26-27H,3-4,13-14,17H2,1-2H3,(H,32,37)/t26-,27+/m0/s1. The summed E-state index contributed by atoms with van der Waals surface area (Å²) in [5.74, 6) is 1.06. The van der Waals surface area contributed by atoms with E-state index in [1.165, 1.54) is 4.90 Å². The van der Waals surface area contributed by atoms with Crippen LogP contribution in [0.2, 0.25) is 10.0 Å². The van der Waals surface area contributed by atoms with Crippen LogP contribution in [-0.2, 0) is 4.79 Å². The number of carbonyl (C=O) groups excluding carboxylic acids is 2. The molecule has 40 heavy (non-hydrogen) atoms. The van der Waals surface area contributed by atoms with E-state index in [1.54, 1.807) is 41.4 Å². The van der Waals surface area contributed by atoms with Crippen molar-refractivity contribution < 1.29 is 19.1 Å². The molecule has 3 amide bonds. The first kappa shape index (κ1) is 27.7. The molecule has 9 nitrogen and oxygen atoms in total. The number of carbonyl (C=O) groups is 2. The van der Waals surface area contributed by atoms with E-state index in [0.717, 1.165) is 11.1 Å². The number of rotatable bonds is 7. The van der Waals surface area contributed by atoms with Crippen molar-refractivity contribution in [2.75, 3.05) is 32.8 Å². The van der Waals surface area contributed by atoms with Gasteiger partial charge >= 0.3 is 6.03 Å². The molecule has 3 heterocycles. The van der Waals surface area contributed by atoms with Gasteiger partial charge in [0.05, 0.1) is 24.8 Å². The Hall–Kier alpha value is -3.82. The van der Waals surface area contributed by atoms with Crippen LogP contribution in [0.15, 0.2) is 65.8 Å². The van der Waals surface area contributed by atoms with Crippen molar-refractivity contribution in [2.45, 2.75) is 25.9 Å². The van der Waals surface area contributed by atoms with E-state index in [4.69, 9.17) is 37.7 Å². The minimum Gasteiger partial charge on any atom is -0.493 e. The summed E-state index contributed by atoms with van der Waals surface area (Å²) in [6, 6.07) is 15.1. The summed E-state index contributed by atoms with van der Waals surface area (Å²) < 4.78 is 11.6. The first-order valence-corrected chi connectivity index (χ1v) is 13.8. The van der Waals surface area contributed by atoms with Crippen molar-refractivity contribution in [3.8, 4) is 11.6 Å². The van der Waals surface area contributed by atoms with Crippen LogP contribution < -0.4 is 14.8 Å². The lowest BCUT2D eigenvalue weighted by molar-refractivity contribution is -0.123. The number of hydrogen-bond donors (Lipinski definition) is 1. The minimum atomic E-state index is -0.549. The fourth-order valence-electron chi connectivity index (χ4n) is 4.90. The second-order valence-corrected chi connectivity index (χ2v) is 10.1. The lowest BCUT2D eigenvalue weighted by atomic mass is 9.93. The zero-order valence-corrected chi connectivity index (χ0v) is 23.7. The van der Waals surface area contributed by atoms with Crippen LogP contribution in [0.25, 0.3) is 0 Å². The van der Waals surface area contributed by atoms with Crippen LogP contribution in [0, 0.1) is 0 Å². The normalized spacial score (nSPS) is 18.8. The number of hydrogen-bond acceptors (Lipinski definition) is 6. The van der Waals surface area contributed by atoms with Gasteiger partial charge in [0, 0.05) is 35.4 Å². The Labute approximate surface area is 242 Å². The molecule has 5 rings (SSSR count). The van der Waals surface area contributed by atoms with Gasteiger partial charge in [-0.25, -0.2) is 9.78 Å². The maximum atomic E-state index is 14.3. The van der Waals surface area contributed by atoms with Crippen LogP contribution in [0.5, 0.6) is 11.6 Å². The molecule has 2 aromatic carbocycles. The second-order valence-electron chi connectivity index (χ2n) is 9.25. The fraction of sp³-hybridized carbons (Fsp3) is 0.310. The molecule has 1 aromatic heterocycles. The predicted molar refractivity (Wildman–Crippen MR) is 153 cm³/mol. The van der Waals surface area contributed by atoms with E-state index in [0.29, 0.717) is 59.4 Å². The smallest absolute Gasteiger partial charge is 0.326 e. The highest BCUT2D eigenvalue weighted by atomic mass is 35.5. The van der Waals surface area contributed by atoms with Crippen LogP contribution >= 0.6 is 23.2 Å². The van der Waals surface area contributed by atoms with Crippen molar-refractivity contribution in [1.82, 2.24) is 20.1 Å². The summed E-state index contributed by atoms with van der Waals surface area (Å²) in [6.45, 7) is 5.26. The fourth-order valence-corrected chi connectivity index (χ4v) is 5.15. The molecule has 1 N–H and O–H groups in total. The third-order valence-electron chi connectivity index (χ3n) is 6.68. The van der Waals surface area contributed by atoms with E-state index < -0.39 is 12.1 Å². The lowest BCUT2D eigenvalue weighted by Crippen LogP contribution is -2.55. The van der Waals surface area contributed by atoms with Crippen molar-refractivity contribution in [3.63, 3.8) is 0 Å². The highest BCUT2D eigenvalue weighted by Crippen LogP contribution is 2.45. The number of amides is 3. The van der Waals surface area contributed by atoms with Crippen LogP contribution in [-0.4, -0.2) is 65.4 Å². The summed E-state index contributed by atoms with van der Waals surface area (Å²) in [7, 11) is 0. The molecular weight excluding hydrogens is 553 g/mol. The Balaban J connectivity index is 1.69. The Kier molecular flexibility index (Phi) is 8.42. The molecule has 0 spiro atoms. The zero-order valence-electron chi connectivity index (χ0n) is 22.1. The van der Waals surface area contributed by atoms with E-state index in [2.05, 4.69) is 10.3 Å². The molecule has 2 aliphatic heterocycles. The number of benzene rings is 2. The molecule has 1 saturated heterocycles. The molecule has 0 bridgehead atoms. The number of amidine groups is 1. The zero-order chi connectivity index (χ0) is 28.2. The quantitative estimate of drug-likeness (QED) is 0.409. The van der Waals surface area contributed by atoms with Crippen molar-refractivity contribution >= 4 is 41.0 Å². The predicted octanol–water partition coefficient (Wildman–Crippen LogP) is 5.28. The highest BCUT2D eigenvalue weighted by Gasteiger charge is 2.45. The number of urea groups is 1. The van der Waals surface area contributed by atoms with Gasteiger partial charge in [0.25, 0.3) is 0 Å². The van der Waals surface area contributed by atoms with Crippen LogP contribution in [0.4, 0.5) is 4.79 Å². The summed E-state index contributed by atoms with van der Waals surface area (Å²) in [4.78, 5) is 39.3. The van der Waals surface area contributed by atoms with Gasteiger partial charge in [-0.1, -0.05) is 47.5 Å². The number of aromatic nitrogens is 1.